The van der Waals surface area contributed by atoms with Gasteiger partial charge >= 0.3 is 6.36 Å². The SMILES string of the molecule is NC1=NC2(CCCCC2)N(c2cc(OC(F)(F)F)ccc2F)C(N)=N1. The summed E-state index contributed by atoms with van der Waals surface area (Å²) < 4.78 is 55.7. The van der Waals surface area contributed by atoms with E-state index < -0.39 is 23.6 Å². The minimum Gasteiger partial charge on any atom is -0.406 e. The van der Waals surface area contributed by atoms with Gasteiger partial charge in [0.25, 0.3) is 0 Å². The highest BCUT2D eigenvalue weighted by molar-refractivity contribution is 6.05. The molecule has 1 aliphatic heterocycles. The number of ether oxygens (including phenoxy) is 1. The number of guanidine groups is 2. The lowest BCUT2D eigenvalue weighted by Gasteiger charge is -2.45. The van der Waals surface area contributed by atoms with Crippen LogP contribution in [0.15, 0.2) is 28.2 Å². The van der Waals surface area contributed by atoms with Gasteiger partial charge in [0, 0.05) is 6.07 Å². The van der Waals surface area contributed by atoms with E-state index in [0.717, 1.165) is 37.5 Å². The van der Waals surface area contributed by atoms with E-state index in [-0.39, 0.29) is 17.6 Å². The number of nitrogens with two attached hydrogens (primary N) is 2. The Bertz CT molecular complexity index is 725. The molecule has 1 fully saturated rings. The second-order valence-electron chi connectivity index (χ2n) is 5.98. The van der Waals surface area contributed by atoms with E-state index in [9.17, 15) is 17.6 Å². The average molecular weight is 359 g/mol. The lowest BCUT2D eigenvalue weighted by atomic mass is 9.87. The van der Waals surface area contributed by atoms with Crippen LogP contribution in [0.2, 0.25) is 0 Å². The first kappa shape index (κ1) is 17.3. The number of aliphatic imine (C=N–C) groups is 2. The van der Waals surface area contributed by atoms with Crippen LogP contribution in [0.4, 0.5) is 23.2 Å². The van der Waals surface area contributed by atoms with Gasteiger partial charge in [0.1, 0.15) is 17.2 Å². The third kappa shape index (κ3) is 3.47. The highest BCUT2D eigenvalue weighted by atomic mass is 19.4. The molecule has 1 spiro atoms. The molecule has 3 rings (SSSR count). The highest BCUT2D eigenvalue weighted by Gasteiger charge is 2.44. The van der Waals surface area contributed by atoms with E-state index in [1.54, 1.807) is 0 Å². The van der Waals surface area contributed by atoms with Crippen LogP contribution in [0.5, 0.6) is 5.75 Å². The molecule has 1 heterocycles. The third-order valence-corrected chi connectivity index (χ3v) is 4.24. The fourth-order valence-corrected chi connectivity index (χ4v) is 3.33. The van der Waals surface area contributed by atoms with E-state index in [4.69, 9.17) is 11.5 Å². The van der Waals surface area contributed by atoms with Crippen molar-refractivity contribution in [3.8, 4) is 5.75 Å². The van der Waals surface area contributed by atoms with Crippen LogP contribution in [0.25, 0.3) is 0 Å². The Labute approximate surface area is 141 Å². The first-order valence-electron chi connectivity index (χ1n) is 7.75. The minimum atomic E-state index is -4.89. The standard InChI is InChI=1S/C15H17F4N5O/c16-10-5-4-9(25-15(17,18)19)8-11(10)24-13(21)22-12(20)23-14(24)6-2-1-3-7-14/h4-5,8H,1-3,6-7H2,(H4,20,21,22,23). The second kappa shape index (κ2) is 6.08. The summed E-state index contributed by atoms with van der Waals surface area (Å²) in [6.07, 6.45) is -1.23. The second-order valence-corrected chi connectivity index (χ2v) is 5.98. The van der Waals surface area contributed by atoms with Gasteiger partial charge in [-0.2, -0.15) is 4.99 Å². The number of anilines is 1. The van der Waals surface area contributed by atoms with E-state index >= 15 is 0 Å². The number of alkyl halides is 3. The van der Waals surface area contributed by atoms with Crippen molar-refractivity contribution in [3.63, 3.8) is 0 Å². The van der Waals surface area contributed by atoms with Gasteiger partial charge in [-0.1, -0.05) is 6.42 Å². The maximum atomic E-state index is 14.4. The van der Waals surface area contributed by atoms with E-state index in [1.165, 1.54) is 4.90 Å². The molecule has 1 aromatic carbocycles. The summed E-state index contributed by atoms with van der Waals surface area (Å²) in [7, 11) is 0. The first-order chi connectivity index (χ1) is 11.7. The zero-order valence-corrected chi connectivity index (χ0v) is 13.2. The molecule has 6 nitrogen and oxygen atoms in total. The van der Waals surface area contributed by atoms with Gasteiger partial charge in [0.2, 0.25) is 11.9 Å². The van der Waals surface area contributed by atoms with Gasteiger partial charge < -0.3 is 16.2 Å². The van der Waals surface area contributed by atoms with Crippen molar-refractivity contribution in [1.29, 1.82) is 0 Å². The molecule has 0 saturated heterocycles. The molecule has 0 radical (unpaired) electrons. The van der Waals surface area contributed by atoms with Crippen molar-refractivity contribution < 1.29 is 22.3 Å². The maximum absolute atomic E-state index is 14.4. The van der Waals surface area contributed by atoms with Crippen molar-refractivity contribution in [1.82, 2.24) is 0 Å². The number of hydrogen-bond donors (Lipinski definition) is 2. The summed E-state index contributed by atoms with van der Waals surface area (Å²) in [4.78, 5) is 9.52. The van der Waals surface area contributed by atoms with Crippen molar-refractivity contribution in [3.05, 3.63) is 24.0 Å². The van der Waals surface area contributed by atoms with Gasteiger partial charge in [-0.25, -0.2) is 9.38 Å². The summed E-state index contributed by atoms with van der Waals surface area (Å²) in [6.45, 7) is 0. The van der Waals surface area contributed by atoms with Crippen LogP contribution in [0.1, 0.15) is 32.1 Å². The molecular weight excluding hydrogens is 342 g/mol. The topological polar surface area (TPSA) is 89.2 Å². The quantitative estimate of drug-likeness (QED) is 0.795. The van der Waals surface area contributed by atoms with Crippen molar-refractivity contribution in [2.24, 2.45) is 21.5 Å². The minimum absolute atomic E-state index is 0.0289. The van der Waals surface area contributed by atoms with Crippen LogP contribution in [-0.2, 0) is 0 Å². The van der Waals surface area contributed by atoms with E-state index in [2.05, 4.69) is 14.7 Å². The Kier molecular flexibility index (Phi) is 4.21. The molecule has 0 unspecified atom stereocenters. The van der Waals surface area contributed by atoms with Gasteiger partial charge in [-0.05, 0) is 37.8 Å². The average Bonchev–Trinajstić information content (AvgIpc) is 2.49. The molecule has 2 aliphatic rings. The molecular formula is C15H17F4N5O. The summed E-state index contributed by atoms with van der Waals surface area (Å²) >= 11 is 0. The smallest absolute Gasteiger partial charge is 0.406 e. The van der Waals surface area contributed by atoms with Crippen molar-refractivity contribution in [2.45, 2.75) is 44.1 Å². The molecule has 1 aliphatic carbocycles. The molecule has 0 atom stereocenters. The van der Waals surface area contributed by atoms with E-state index in [0.29, 0.717) is 12.8 Å². The third-order valence-electron chi connectivity index (χ3n) is 4.24. The Morgan fingerprint density at radius 2 is 1.80 bits per heavy atom. The van der Waals surface area contributed by atoms with Crippen LogP contribution in [-0.4, -0.2) is 23.9 Å². The first-order valence-corrected chi connectivity index (χ1v) is 7.75. The van der Waals surface area contributed by atoms with Crippen LogP contribution in [0.3, 0.4) is 0 Å². The fourth-order valence-electron chi connectivity index (χ4n) is 3.33. The molecule has 4 N–H and O–H groups in total. The van der Waals surface area contributed by atoms with Crippen molar-refractivity contribution in [2.75, 3.05) is 4.90 Å². The van der Waals surface area contributed by atoms with Crippen molar-refractivity contribution >= 4 is 17.6 Å². The molecule has 136 valence electrons. The van der Waals surface area contributed by atoms with Crippen LogP contribution in [0, 0.1) is 5.82 Å². The molecule has 1 aromatic rings. The maximum Gasteiger partial charge on any atom is 0.573 e. The van der Waals surface area contributed by atoms with E-state index in [1.807, 2.05) is 0 Å². The Morgan fingerprint density at radius 3 is 2.44 bits per heavy atom. The Hall–Kier alpha value is -2.52. The van der Waals surface area contributed by atoms with Gasteiger partial charge in [0.05, 0.1) is 5.69 Å². The number of halogens is 4. The molecule has 25 heavy (non-hydrogen) atoms. The van der Waals surface area contributed by atoms with Gasteiger partial charge in [0.15, 0.2) is 0 Å². The molecule has 10 heteroatoms. The lowest BCUT2D eigenvalue weighted by Crippen LogP contribution is -2.58. The Balaban J connectivity index is 2.06. The number of benzene rings is 1. The number of hydrogen-bond acceptors (Lipinski definition) is 6. The normalized spacial score (nSPS) is 20.2. The zero-order chi connectivity index (χ0) is 18.2. The fraction of sp³-hybridized carbons (Fsp3) is 0.467. The summed E-state index contributed by atoms with van der Waals surface area (Å²) in [5, 5.41) is 0. The monoisotopic (exact) mass is 359 g/mol. The largest absolute Gasteiger partial charge is 0.573 e. The lowest BCUT2D eigenvalue weighted by molar-refractivity contribution is -0.274. The highest BCUT2D eigenvalue weighted by Crippen LogP contribution is 2.41. The predicted octanol–water partition coefficient (Wildman–Crippen LogP) is 2.83. The van der Waals surface area contributed by atoms with Gasteiger partial charge in [-0.3, -0.25) is 4.90 Å². The summed E-state index contributed by atoms with van der Waals surface area (Å²) in [5.74, 6) is -1.45. The molecule has 0 amide bonds. The van der Waals surface area contributed by atoms with Crippen LogP contribution >= 0.6 is 0 Å². The number of nitrogens with zero attached hydrogens (tertiary/aromatic N) is 3. The van der Waals surface area contributed by atoms with Gasteiger partial charge in [-0.15, -0.1) is 13.2 Å². The summed E-state index contributed by atoms with van der Waals surface area (Å²) in [5.41, 5.74) is 10.5. The predicted molar refractivity (Wildman–Crippen MR) is 84.6 cm³/mol. The molecule has 0 bridgehead atoms. The zero-order valence-electron chi connectivity index (χ0n) is 13.2. The van der Waals surface area contributed by atoms with Crippen LogP contribution < -0.4 is 21.1 Å². The Morgan fingerprint density at radius 1 is 1.12 bits per heavy atom. The molecule has 0 aromatic heterocycles. The molecule has 1 saturated carbocycles. The number of rotatable bonds is 2. The summed E-state index contributed by atoms with van der Waals surface area (Å²) in [6, 6.07) is 2.73.